The average molecular weight is 459 g/mol. The summed E-state index contributed by atoms with van der Waals surface area (Å²) in [5.74, 6) is -1.13. The SMILES string of the molecule is CCOC(=O)c1c(C)c(C(=O)C(C)N(CCC(C)C)C(=O)c2ccc(F)cc2)c(C)n1CC. The Kier molecular flexibility index (Phi) is 8.97. The van der Waals surface area contributed by atoms with Gasteiger partial charge in [0.2, 0.25) is 0 Å². The third kappa shape index (κ3) is 5.70. The van der Waals surface area contributed by atoms with Crippen molar-refractivity contribution in [2.45, 2.75) is 67.5 Å². The van der Waals surface area contributed by atoms with Crippen molar-refractivity contribution in [3.63, 3.8) is 0 Å². The van der Waals surface area contributed by atoms with Gasteiger partial charge in [0.1, 0.15) is 11.5 Å². The van der Waals surface area contributed by atoms with E-state index in [0.717, 1.165) is 0 Å². The topological polar surface area (TPSA) is 68.6 Å². The fourth-order valence-corrected chi connectivity index (χ4v) is 4.09. The van der Waals surface area contributed by atoms with Gasteiger partial charge in [0, 0.05) is 29.9 Å². The quantitative estimate of drug-likeness (QED) is 0.362. The van der Waals surface area contributed by atoms with Gasteiger partial charge in [-0.1, -0.05) is 13.8 Å². The van der Waals surface area contributed by atoms with Gasteiger partial charge >= 0.3 is 5.97 Å². The number of ketones is 1. The molecule has 0 aliphatic rings. The van der Waals surface area contributed by atoms with Gasteiger partial charge in [-0.2, -0.15) is 0 Å². The number of amides is 1. The van der Waals surface area contributed by atoms with E-state index in [1.807, 2.05) is 20.8 Å². The molecule has 1 heterocycles. The highest BCUT2D eigenvalue weighted by Gasteiger charge is 2.33. The molecule has 1 atom stereocenters. The van der Waals surface area contributed by atoms with Gasteiger partial charge in [0.25, 0.3) is 5.91 Å². The van der Waals surface area contributed by atoms with Crippen LogP contribution < -0.4 is 0 Å². The van der Waals surface area contributed by atoms with Crippen molar-refractivity contribution in [1.82, 2.24) is 9.47 Å². The van der Waals surface area contributed by atoms with Gasteiger partial charge in [0.05, 0.1) is 12.6 Å². The molecule has 0 N–H and O–H groups in total. The molecule has 0 fully saturated rings. The monoisotopic (exact) mass is 458 g/mol. The first-order valence-corrected chi connectivity index (χ1v) is 11.5. The van der Waals surface area contributed by atoms with Gasteiger partial charge in [-0.25, -0.2) is 9.18 Å². The Morgan fingerprint density at radius 1 is 1.06 bits per heavy atom. The lowest BCUT2D eigenvalue weighted by atomic mass is 9.98. The average Bonchev–Trinajstić information content (AvgIpc) is 3.02. The second kappa shape index (κ2) is 11.3. The standard InChI is InChI=1S/C26H35FN2O4/c1-8-28-18(6)22(17(5)23(28)26(32)33-9-2)24(30)19(7)29(15-14-16(3)4)25(31)20-10-12-21(27)13-11-20/h10-13,16,19H,8-9,14-15H2,1-7H3. The Balaban J connectivity index is 2.49. The number of aromatic nitrogens is 1. The Labute approximate surface area is 195 Å². The lowest BCUT2D eigenvalue weighted by molar-refractivity contribution is 0.0512. The first-order chi connectivity index (χ1) is 15.5. The number of Topliss-reactive ketones (excluding diaryl/α,β-unsaturated/α-hetero) is 1. The van der Waals surface area contributed by atoms with E-state index in [1.165, 1.54) is 24.3 Å². The first-order valence-electron chi connectivity index (χ1n) is 11.5. The largest absolute Gasteiger partial charge is 0.461 e. The van der Waals surface area contributed by atoms with Crippen molar-refractivity contribution in [3.8, 4) is 0 Å². The second-order valence-corrected chi connectivity index (χ2v) is 8.63. The Hall–Kier alpha value is -2.96. The number of carbonyl (C=O) groups is 3. The van der Waals surface area contributed by atoms with Crippen molar-refractivity contribution >= 4 is 17.7 Å². The van der Waals surface area contributed by atoms with E-state index in [2.05, 4.69) is 0 Å². The van der Waals surface area contributed by atoms with Crippen LogP contribution in [-0.2, 0) is 11.3 Å². The van der Waals surface area contributed by atoms with E-state index >= 15 is 0 Å². The summed E-state index contributed by atoms with van der Waals surface area (Å²) < 4.78 is 20.4. The molecular weight excluding hydrogens is 423 g/mol. The smallest absolute Gasteiger partial charge is 0.355 e. The summed E-state index contributed by atoms with van der Waals surface area (Å²) in [6, 6.07) is 4.57. The molecule has 1 aromatic heterocycles. The molecule has 33 heavy (non-hydrogen) atoms. The van der Waals surface area contributed by atoms with Crippen molar-refractivity contribution in [2.24, 2.45) is 5.92 Å². The number of benzene rings is 1. The molecule has 0 saturated carbocycles. The highest BCUT2D eigenvalue weighted by Crippen LogP contribution is 2.26. The van der Waals surface area contributed by atoms with Crippen LogP contribution in [0.2, 0.25) is 0 Å². The second-order valence-electron chi connectivity index (χ2n) is 8.63. The van der Waals surface area contributed by atoms with Gasteiger partial charge in [-0.15, -0.1) is 0 Å². The molecule has 2 rings (SSSR count). The van der Waals surface area contributed by atoms with Gasteiger partial charge in [0.15, 0.2) is 5.78 Å². The summed E-state index contributed by atoms with van der Waals surface area (Å²) in [5.41, 5.74) is 2.36. The third-order valence-electron chi connectivity index (χ3n) is 5.94. The van der Waals surface area contributed by atoms with Crippen molar-refractivity contribution in [1.29, 1.82) is 0 Å². The van der Waals surface area contributed by atoms with Crippen LogP contribution in [0.1, 0.15) is 83.5 Å². The minimum absolute atomic E-state index is 0.234. The first kappa shape index (κ1) is 26.3. The van der Waals surface area contributed by atoms with Crippen LogP contribution in [0.15, 0.2) is 24.3 Å². The molecular formula is C26H35FN2O4. The molecule has 180 valence electrons. The van der Waals surface area contributed by atoms with E-state index < -0.39 is 17.8 Å². The highest BCUT2D eigenvalue weighted by molar-refractivity contribution is 6.07. The molecule has 1 unspecified atom stereocenters. The van der Waals surface area contributed by atoms with Gasteiger partial charge in [-0.3, -0.25) is 9.59 Å². The summed E-state index contributed by atoms with van der Waals surface area (Å²) in [6.45, 7) is 14.1. The van der Waals surface area contributed by atoms with Crippen LogP contribution >= 0.6 is 0 Å². The highest BCUT2D eigenvalue weighted by atomic mass is 19.1. The van der Waals surface area contributed by atoms with Crippen LogP contribution in [0.3, 0.4) is 0 Å². The molecule has 6 nitrogen and oxygen atoms in total. The molecule has 0 spiro atoms. The van der Waals surface area contributed by atoms with E-state index in [9.17, 15) is 18.8 Å². The summed E-state index contributed by atoms with van der Waals surface area (Å²) in [6.07, 6.45) is 0.715. The van der Waals surface area contributed by atoms with E-state index in [-0.39, 0.29) is 18.3 Å². The third-order valence-corrected chi connectivity index (χ3v) is 5.94. The van der Waals surface area contributed by atoms with E-state index in [0.29, 0.717) is 53.5 Å². The maximum atomic E-state index is 13.7. The normalized spacial score (nSPS) is 12.0. The van der Waals surface area contributed by atoms with Crippen molar-refractivity contribution in [2.75, 3.05) is 13.2 Å². The lowest BCUT2D eigenvalue weighted by Crippen LogP contribution is -2.44. The summed E-state index contributed by atoms with van der Waals surface area (Å²) >= 11 is 0. The van der Waals surface area contributed by atoms with E-state index in [4.69, 9.17) is 4.74 Å². The number of esters is 1. The molecule has 0 radical (unpaired) electrons. The van der Waals surface area contributed by atoms with Crippen LogP contribution in [0, 0.1) is 25.6 Å². The maximum Gasteiger partial charge on any atom is 0.355 e. The van der Waals surface area contributed by atoms with Crippen LogP contribution in [0.4, 0.5) is 4.39 Å². The minimum atomic E-state index is -0.763. The van der Waals surface area contributed by atoms with Crippen molar-refractivity contribution < 1.29 is 23.5 Å². The molecule has 0 aliphatic heterocycles. The zero-order valence-electron chi connectivity index (χ0n) is 20.7. The van der Waals surface area contributed by atoms with Crippen molar-refractivity contribution in [3.05, 3.63) is 58.2 Å². The predicted molar refractivity (Wildman–Crippen MR) is 126 cm³/mol. The molecule has 0 saturated heterocycles. The van der Waals surface area contributed by atoms with Gasteiger partial charge in [-0.05, 0) is 76.8 Å². The zero-order valence-corrected chi connectivity index (χ0v) is 20.7. The van der Waals surface area contributed by atoms with E-state index in [1.54, 1.807) is 37.2 Å². The van der Waals surface area contributed by atoms with Crippen LogP contribution in [0.25, 0.3) is 0 Å². The summed E-state index contributed by atoms with van der Waals surface area (Å²) in [7, 11) is 0. The molecule has 0 aliphatic carbocycles. The number of hydrogen-bond donors (Lipinski definition) is 0. The molecule has 2 aromatic rings. The maximum absolute atomic E-state index is 13.7. The number of halogens is 1. The fourth-order valence-electron chi connectivity index (χ4n) is 4.09. The number of nitrogens with zero attached hydrogens (tertiary/aromatic N) is 2. The Morgan fingerprint density at radius 2 is 1.67 bits per heavy atom. The molecule has 1 amide bonds. The number of rotatable bonds is 10. The number of ether oxygens (including phenoxy) is 1. The lowest BCUT2D eigenvalue weighted by Gasteiger charge is -2.29. The molecule has 0 bridgehead atoms. The summed E-state index contributed by atoms with van der Waals surface area (Å²) in [5, 5.41) is 0. The zero-order chi connectivity index (χ0) is 24.9. The summed E-state index contributed by atoms with van der Waals surface area (Å²) in [4.78, 5) is 41.1. The Morgan fingerprint density at radius 3 is 2.18 bits per heavy atom. The number of carbonyl (C=O) groups excluding carboxylic acids is 3. The predicted octanol–water partition coefficient (Wildman–Crippen LogP) is 5.20. The fraction of sp³-hybridized carbons (Fsp3) is 0.500. The number of hydrogen-bond acceptors (Lipinski definition) is 4. The Bertz CT molecular complexity index is 1010. The minimum Gasteiger partial charge on any atom is -0.461 e. The van der Waals surface area contributed by atoms with Crippen LogP contribution in [0.5, 0.6) is 0 Å². The van der Waals surface area contributed by atoms with Crippen LogP contribution in [-0.4, -0.2) is 46.3 Å². The molecule has 7 heteroatoms. The molecule has 1 aromatic carbocycles. The van der Waals surface area contributed by atoms with Gasteiger partial charge < -0.3 is 14.2 Å².